The summed E-state index contributed by atoms with van der Waals surface area (Å²) in [6.07, 6.45) is 0. The van der Waals surface area contributed by atoms with Crippen molar-refractivity contribution in [1.29, 1.82) is 0 Å². The third kappa shape index (κ3) is 3.22. The topological polar surface area (TPSA) is 117 Å². The summed E-state index contributed by atoms with van der Waals surface area (Å²) in [4.78, 5) is 21.2. The SMILES string of the molecule is Cc1c([N+](=O)[O-])cccc1S(=O)(=O)Oc1ccc2ccc(=O)oc2c1. The van der Waals surface area contributed by atoms with Crippen LogP contribution in [0.3, 0.4) is 0 Å². The molecule has 0 radical (unpaired) electrons. The van der Waals surface area contributed by atoms with E-state index >= 15 is 0 Å². The highest BCUT2D eigenvalue weighted by Crippen LogP contribution is 2.28. The fourth-order valence-corrected chi connectivity index (χ4v) is 3.51. The molecule has 3 aromatic rings. The number of benzene rings is 2. The maximum Gasteiger partial charge on any atom is 0.339 e. The first-order chi connectivity index (χ1) is 11.8. The monoisotopic (exact) mass is 361 g/mol. The quantitative estimate of drug-likeness (QED) is 0.303. The molecular weight excluding hydrogens is 350 g/mol. The van der Waals surface area contributed by atoms with Crippen LogP contribution >= 0.6 is 0 Å². The average Bonchev–Trinajstić information content (AvgIpc) is 2.53. The van der Waals surface area contributed by atoms with Crippen molar-refractivity contribution in [2.75, 3.05) is 0 Å². The zero-order chi connectivity index (χ0) is 18.2. The molecule has 0 N–H and O–H groups in total. The molecule has 0 saturated heterocycles. The number of hydrogen-bond donors (Lipinski definition) is 0. The van der Waals surface area contributed by atoms with Crippen molar-refractivity contribution in [3.63, 3.8) is 0 Å². The molecule has 128 valence electrons. The van der Waals surface area contributed by atoms with Gasteiger partial charge in [-0.3, -0.25) is 10.1 Å². The van der Waals surface area contributed by atoms with Gasteiger partial charge in [0.05, 0.1) is 4.92 Å². The molecule has 0 saturated carbocycles. The molecule has 0 aliphatic heterocycles. The highest BCUT2D eigenvalue weighted by molar-refractivity contribution is 7.87. The zero-order valence-corrected chi connectivity index (χ0v) is 13.6. The second-order valence-electron chi connectivity index (χ2n) is 5.15. The van der Waals surface area contributed by atoms with Gasteiger partial charge in [0.25, 0.3) is 5.69 Å². The van der Waals surface area contributed by atoms with Gasteiger partial charge in [0.15, 0.2) is 0 Å². The van der Waals surface area contributed by atoms with Gasteiger partial charge in [-0.2, -0.15) is 8.42 Å². The molecule has 8 nitrogen and oxygen atoms in total. The van der Waals surface area contributed by atoms with E-state index in [0.717, 1.165) is 0 Å². The average molecular weight is 361 g/mol. The Morgan fingerprint density at radius 1 is 1.12 bits per heavy atom. The van der Waals surface area contributed by atoms with Crippen LogP contribution in [-0.2, 0) is 10.1 Å². The van der Waals surface area contributed by atoms with Crippen molar-refractivity contribution in [2.24, 2.45) is 0 Å². The Balaban J connectivity index is 2.04. The summed E-state index contributed by atoms with van der Waals surface area (Å²) in [5, 5.41) is 11.6. The maximum absolute atomic E-state index is 12.5. The van der Waals surface area contributed by atoms with Crippen LogP contribution in [0, 0.1) is 17.0 Å². The predicted molar refractivity (Wildman–Crippen MR) is 88.1 cm³/mol. The second kappa shape index (κ2) is 6.02. The van der Waals surface area contributed by atoms with Gasteiger partial charge in [0.2, 0.25) is 0 Å². The third-order valence-electron chi connectivity index (χ3n) is 3.52. The summed E-state index contributed by atoms with van der Waals surface area (Å²) in [6, 6.07) is 10.7. The number of nitro benzene ring substituents is 1. The molecule has 0 spiro atoms. The Labute approximate surface area is 141 Å². The summed E-state index contributed by atoms with van der Waals surface area (Å²) in [5.74, 6) is -0.0762. The minimum Gasteiger partial charge on any atom is -0.423 e. The fourth-order valence-electron chi connectivity index (χ4n) is 2.34. The lowest BCUT2D eigenvalue weighted by molar-refractivity contribution is -0.385. The van der Waals surface area contributed by atoms with Gasteiger partial charge in [0.1, 0.15) is 16.2 Å². The second-order valence-corrected chi connectivity index (χ2v) is 6.66. The van der Waals surface area contributed by atoms with Crippen LogP contribution < -0.4 is 9.81 Å². The number of nitrogens with zero attached hydrogens (tertiary/aromatic N) is 1. The molecule has 0 amide bonds. The molecule has 0 atom stereocenters. The van der Waals surface area contributed by atoms with Crippen molar-refractivity contribution in [3.05, 3.63) is 74.6 Å². The van der Waals surface area contributed by atoms with Crippen LogP contribution in [0.4, 0.5) is 5.69 Å². The zero-order valence-electron chi connectivity index (χ0n) is 12.8. The standard InChI is InChI=1S/C16H11NO7S/c1-10-13(17(19)20)3-2-4-15(10)25(21,22)24-12-7-5-11-6-8-16(18)23-14(11)9-12/h2-9H,1H3. The van der Waals surface area contributed by atoms with Crippen LogP contribution in [0.15, 0.2) is 62.6 Å². The van der Waals surface area contributed by atoms with E-state index in [1.807, 2.05) is 0 Å². The van der Waals surface area contributed by atoms with Crippen LogP contribution in [-0.4, -0.2) is 13.3 Å². The van der Waals surface area contributed by atoms with Crippen molar-refractivity contribution >= 4 is 26.8 Å². The first-order valence-electron chi connectivity index (χ1n) is 7.00. The molecule has 25 heavy (non-hydrogen) atoms. The van der Waals surface area contributed by atoms with Crippen LogP contribution in [0.5, 0.6) is 5.75 Å². The van der Waals surface area contributed by atoms with E-state index < -0.39 is 20.7 Å². The predicted octanol–water partition coefficient (Wildman–Crippen LogP) is 2.78. The van der Waals surface area contributed by atoms with Crippen LogP contribution in [0.1, 0.15) is 5.56 Å². The molecule has 0 aliphatic carbocycles. The normalized spacial score (nSPS) is 11.4. The number of rotatable bonds is 4. The molecule has 2 aromatic carbocycles. The van der Waals surface area contributed by atoms with Crippen molar-refractivity contribution < 1.29 is 21.9 Å². The van der Waals surface area contributed by atoms with Crippen LogP contribution in [0.25, 0.3) is 11.0 Å². The molecule has 1 heterocycles. The summed E-state index contributed by atoms with van der Waals surface area (Å²) in [5.41, 5.74) is -0.771. The number of nitro groups is 1. The molecule has 3 rings (SSSR count). The first-order valence-corrected chi connectivity index (χ1v) is 8.41. The Hall–Kier alpha value is -3.20. The molecule has 1 aromatic heterocycles. The highest BCUT2D eigenvalue weighted by atomic mass is 32.2. The highest BCUT2D eigenvalue weighted by Gasteiger charge is 2.24. The Bertz CT molecular complexity index is 1150. The lowest BCUT2D eigenvalue weighted by Gasteiger charge is -2.09. The lowest BCUT2D eigenvalue weighted by atomic mass is 10.2. The van der Waals surface area contributed by atoms with E-state index in [2.05, 4.69) is 0 Å². The van der Waals surface area contributed by atoms with Crippen molar-refractivity contribution in [2.45, 2.75) is 11.8 Å². The van der Waals surface area contributed by atoms with Gasteiger partial charge in [-0.25, -0.2) is 4.79 Å². The smallest absolute Gasteiger partial charge is 0.339 e. The van der Waals surface area contributed by atoms with Gasteiger partial charge >= 0.3 is 15.7 Å². The lowest BCUT2D eigenvalue weighted by Crippen LogP contribution is -2.12. The van der Waals surface area contributed by atoms with Crippen molar-refractivity contribution in [1.82, 2.24) is 0 Å². The molecule has 0 unspecified atom stereocenters. The van der Waals surface area contributed by atoms with Crippen LogP contribution in [0.2, 0.25) is 0 Å². The molecule has 9 heteroatoms. The third-order valence-corrected chi connectivity index (χ3v) is 4.91. The van der Waals surface area contributed by atoms with Gasteiger partial charge in [-0.1, -0.05) is 6.07 Å². The molecule has 0 bridgehead atoms. The molecule has 0 fully saturated rings. The largest absolute Gasteiger partial charge is 0.423 e. The van der Waals surface area contributed by atoms with Gasteiger partial charge in [0, 0.05) is 29.1 Å². The summed E-state index contributed by atoms with van der Waals surface area (Å²) in [6.45, 7) is 1.33. The van der Waals surface area contributed by atoms with Gasteiger partial charge in [-0.05, 0) is 31.2 Å². The van der Waals surface area contributed by atoms with Gasteiger partial charge < -0.3 is 8.60 Å². The minimum absolute atomic E-state index is 0.0279. The van der Waals surface area contributed by atoms with Crippen molar-refractivity contribution in [3.8, 4) is 5.75 Å². The van der Waals surface area contributed by atoms with E-state index in [-0.39, 0.29) is 27.5 Å². The summed E-state index contributed by atoms with van der Waals surface area (Å²) in [7, 11) is -4.30. The fraction of sp³-hybridized carbons (Fsp3) is 0.0625. The Kier molecular flexibility index (Phi) is 4.01. The number of fused-ring (bicyclic) bond motifs is 1. The molecule has 0 aliphatic rings. The van der Waals surface area contributed by atoms with E-state index in [4.69, 9.17) is 8.60 Å². The minimum atomic E-state index is -4.30. The summed E-state index contributed by atoms with van der Waals surface area (Å²) >= 11 is 0. The van der Waals surface area contributed by atoms with E-state index in [9.17, 15) is 23.3 Å². The number of hydrogen-bond acceptors (Lipinski definition) is 7. The van der Waals surface area contributed by atoms with E-state index in [0.29, 0.717) is 5.39 Å². The summed E-state index contributed by atoms with van der Waals surface area (Å²) < 4.78 is 34.9. The van der Waals surface area contributed by atoms with E-state index in [1.165, 1.54) is 55.5 Å². The molecular formula is C16H11NO7S. The Morgan fingerprint density at radius 3 is 2.56 bits per heavy atom. The van der Waals surface area contributed by atoms with E-state index in [1.54, 1.807) is 0 Å². The van der Waals surface area contributed by atoms with Gasteiger partial charge in [-0.15, -0.1) is 0 Å². The maximum atomic E-state index is 12.5. The Morgan fingerprint density at radius 2 is 1.84 bits per heavy atom. The first kappa shape index (κ1) is 16.7.